The van der Waals surface area contributed by atoms with E-state index >= 15 is 0 Å². The molecule has 1 amide bonds. The van der Waals surface area contributed by atoms with E-state index in [0.717, 1.165) is 23.0 Å². The summed E-state index contributed by atoms with van der Waals surface area (Å²) in [5.74, 6) is 0.0467. The Balaban J connectivity index is 1.87. The van der Waals surface area contributed by atoms with E-state index in [1.54, 1.807) is 0 Å². The molecule has 0 saturated heterocycles. The molecule has 0 atom stereocenters. The Morgan fingerprint density at radius 1 is 1.21 bits per heavy atom. The van der Waals surface area contributed by atoms with Gasteiger partial charge in [0.15, 0.2) is 0 Å². The third-order valence-corrected chi connectivity index (χ3v) is 2.92. The minimum Gasteiger partial charge on any atom is -0.356 e. The Morgan fingerprint density at radius 3 is 2.79 bits per heavy atom. The quantitative estimate of drug-likeness (QED) is 0.596. The van der Waals surface area contributed by atoms with E-state index in [-0.39, 0.29) is 11.6 Å². The fourth-order valence-corrected chi connectivity index (χ4v) is 1.91. The highest BCUT2D eigenvalue weighted by Gasteiger charge is 2.02. The Labute approximate surface area is 110 Å². The van der Waals surface area contributed by atoms with Crippen molar-refractivity contribution in [2.75, 3.05) is 20.1 Å². The highest BCUT2D eigenvalue weighted by Crippen LogP contribution is 2.10. The first-order chi connectivity index (χ1) is 9.19. The van der Waals surface area contributed by atoms with Crippen LogP contribution in [0.1, 0.15) is 12.0 Å². The molecule has 102 valence electrons. The Kier molecular flexibility index (Phi) is 4.35. The van der Waals surface area contributed by atoms with Crippen LogP contribution in [-0.2, 0) is 11.2 Å². The number of fused-ring (bicyclic) bond motifs is 1. The third kappa shape index (κ3) is 3.69. The van der Waals surface area contributed by atoms with Crippen LogP contribution in [0.4, 0.5) is 0 Å². The molecule has 0 unspecified atom stereocenters. The van der Waals surface area contributed by atoms with Crippen molar-refractivity contribution in [3.63, 3.8) is 0 Å². The van der Waals surface area contributed by atoms with Crippen LogP contribution in [0.25, 0.3) is 11.0 Å². The van der Waals surface area contributed by atoms with Gasteiger partial charge < -0.3 is 20.6 Å². The van der Waals surface area contributed by atoms with E-state index in [1.807, 2.05) is 25.2 Å². The van der Waals surface area contributed by atoms with Crippen molar-refractivity contribution in [2.24, 2.45) is 0 Å². The fraction of sp³-hybridized carbons (Fsp3) is 0.385. The number of hydrogen-bond donors (Lipinski definition) is 4. The topological polar surface area (TPSA) is 89.8 Å². The van der Waals surface area contributed by atoms with Crippen LogP contribution in [0.3, 0.4) is 0 Å². The van der Waals surface area contributed by atoms with E-state index in [9.17, 15) is 9.59 Å². The average Bonchev–Trinajstić information content (AvgIpc) is 2.75. The summed E-state index contributed by atoms with van der Waals surface area (Å²) in [7, 11) is 1.82. The molecule has 2 rings (SSSR count). The molecule has 0 fully saturated rings. The van der Waals surface area contributed by atoms with Gasteiger partial charge in [-0.1, -0.05) is 6.07 Å². The zero-order valence-electron chi connectivity index (χ0n) is 10.9. The molecule has 1 aromatic heterocycles. The van der Waals surface area contributed by atoms with Crippen molar-refractivity contribution >= 4 is 16.9 Å². The number of amides is 1. The molecule has 0 spiro atoms. The lowest BCUT2D eigenvalue weighted by Crippen LogP contribution is -2.28. The highest BCUT2D eigenvalue weighted by atomic mass is 16.1. The van der Waals surface area contributed by atoms with Crippen LogP contribution in [0.2, 0.25) is 0 Å². The lowest BCUT2D eigenvalue weighted by Gasteiger charge is -2.05. The number of nitrogens with one attached hydrogen (secondary N) is 4. The average molecular weight is 262 g/mol. The normalized spacial score (nSPS) is 10.8. The molecule has 1 aromatic carbocycles. The molecule has 0 aliphatic heterocycles. The van der Waals surface area contributed by atoms with Crippen molar-refractivity contribution in [1.29, 1.82) is 0 Å². The molecule has 2 aromatic rings. The molecular formula is C13H18N4O2. The molecular weight excluding hydrogens is 244 g/mol. The zero-order chi connectivity index (χ0) is 13.7. The van der Waals surface area contributed by atoms with E-state index in [4.69, 9.17) is 0 Å². The van der Waals surface area contributed by atoms with E-state index in [0.29, 0.717) is 19.5 Å². The third-order valence-electron chi connectivity index (χ3n) is 2.92. The maximum Gasteiger partial charge on any atom is 0.323 e. The summed E-state index contributed by atoms with van der Waals surface area (Å²) in [6.45, 7) is 1.28. The lowest BCUT2D eigenvalue weighted by atomic mass is 10.1. The van der Waals surface area contributed by atoms with Crippen LogP contribution in [-0.4, -0.2) is 36.0 Å². The van der Waals surface area contributed by atoms with Gasteiger partial charge in [-0.15, -0.1) is 0 Å². The molecule has 6 heteroatoms. The van der Waals surface area contributed by atoms with Crippen LogP contribution in [0, 0.1) is 0 Å². The first-order valence-electron chi connectivity index (χ1n) is 6.31. The van der Waals surface area contributed by atoms with Gasteiger partial charge in [0.05, 0.1) is 11.0 Å². The summed E-state index contributed by atoms with van der Waals surface area (Å²) in [4.78, 5) is 27.9. The minimum absolute atomic E-state index is 0.0467. The highest BCUT2D eigenvalue weighted by molar-refractivity contribution is 5.76. The zero-order valence-corrected chi connectivity index (χ0v) is 10.9. The molecule has 19 heavy (non-hydrogen) atoms. The number of rotatable bonds is 6. The molecule has 0 saturated carbocycles. The van der Waals surface area contributed by atoms with Crippen molar-refractivity contribution in [2.45, 2.75) is 12.8 Å². The second kappa shape index (κ2) is 6.19. The summed E-state index contributed by atoms with van der Waals surface area (Å²) >= 11 is 0. The van der Waals surface area contributed by atoms with Gasteiger partial charge in [0.25, 0.3) is 0 Å². The van der Waals surface area contributed by atoms with Crippen LogP contribution >= 0.6 is 0 Å². The number of imidazole rings is 1. The maximum atomic E-state index is 11.4. The number of H-pyrrole nitrogens is 2. The Morgan fingerprint density at radius 2 is 2.00 bits per heavy atom. The fourth-order valence-electron chi connectivity index (χ4n) is 1.91. The molecule has 6 nitrogen and oxygen atoms in total. The summed E-state index contributed by atoms with van der Waals surface area (Å²) in [5.41, 5.74) is 2.47. The number of carbonyl (C=O) groups is 1. The predicted octanol–water partition coefficient (Wildman–Crippen LogP) is 0.124. The van der Waals surface area contributed by atoms with Crippen molar-refractivity contribution in [3.05, 3.63) is 34.2 Å². The second-order valence-electron chi connectivity index (χ2n) is 4.41. The minimum atomic E-state index is -0.201. The maximum absolute atomic E-state index is 11.4. The van der Waals surface area contributed by atoms with Crippen LogP contribution in [0.15, 0.2) is 23.0 Å². The van der Waals surface area contributed by atoms with Gasteiger partial charge in [-0.3, -0.25) is 4.79 Å². The monoisotopic (exact) mass is 262 g/mol. The summed E-state index contributed by atoms with van der Waals surface area (Å²) < 4.78 is 0. The lowest BCUT2D eigenvalue weighted by molar-refractivity contribution is -0.120. The van der Waals surface area contributed by atoms with Gasteiger partial charge in [-0.25, -0.2) is 4.79 Å². The van der Waals surface area contributed by atoms with Gasteiger partial charge in [0, 0.05) is 19.5 Å². The number of aromatic amines is 2. The van der Waals surface area contributed by atoms with E-state index < -0.39 is 0 Å². The van der Waals surface area contributed by atoms with Crippen LogP contribution < -0.4 is 16.3 Å². The molecule has 0 aliphatic rings. The van der Waals surface area contributed by atoms with Crippen molar-refractivity contribution in [3.8, 4) is 0 Å². The number of hydrogen-bond acceptors (Lipinski definition) is 3. The molecule has 0 aliphatic carbocycles. The van der Waals surface area contributed by atoms with Gasteiger partial charge >= 0.3 is 5.69 Å². The first kappa shape index (κ1) is 13.4. The molecule has 4 N–H and O–H groups in total. The Bertz CT molecular complexity index is 614. The molecule has 1 heterocycles. The number of carbonyl (C=O) groups excluding carboxylic acids is 1. The molecule has 0 bridgehead atoms. The van der Waals surface area contributed by atoms with Crippen molar-refractivity contribution < 1.29 is 4.79 Å². The summed E-state index contributed by atoms with van der Waals surface area (Å²) in [5, 5.41) is 5.79. The van der Waals surface area contributed by atoms with Crippen molar-refractivity contribution in [1.82, 2.24) is 20.6 Å². The van der Waals surface area contributed by atoms with Gasteiger partial charge in [-0.05, 0) is 31.2 Å². The number of benzene rings is 1. The largest absolute Gasteiger partial charge is 0.356 e. The molecule has 0 radical (unpaired) electrons. The van der Waals surface area contributed by atoms with Crippen LogP contribution in [0.5, 0.6) is 0 Å². The standard InChI is InChI=1S/C13H18N4O2/c1-14-6-5-12(18)15-7-4-9-2-3-10-11(8-9)17-13(19)16-10/h2-3,8,14H,4-7H2,1H3,(H,15,18)(H2,16,17,19). The first-order valence-corrected chi connectivity index (χ1v) is 6.31. The van der Waals surface area contributed by atoms with E-state index in [1.165, 1.54) is 0 Å². The SMILES string of the molecule is CNCCC(=O)NCCc1ccc2[nH]c(=O)[nH]c2c1. The van der Waals surface area contributed by atoms with E-state index in [2.05, 4.69) is 20.6 Å². The van der Waals surface area contributed by atoms with Gasteiger partial charge in [0.2, 0.25) is 5.91 Å². The predicted molar refractivity (Wildman–Crippen MR) is 74.2 cm³/mol. The van der Waals surface area contributed by atoms with Gasteiger partial charge in [0.1, 0.15) is 0 Å². The Hall–Kier alpha value is -2.08. The summed E-state index contributed by atoms with van der Waals surface area (Å²) in [6.07, 6.45) is 1.23. The number of aromatic nitrogens is 2. The smallest absolute Gasteiger partial charge is 0.323 e. The van der Waals surface area contributed by atoms with Gasteiger partial charge in [-0.2, -0.15) is 0 Å². The summed E-state index contributed by atoms with van der Waals surface area (Å²) in [6, 6.07) is 5.74. The second-order valence-corrected chi connectivity index (χ2v) is 4.41.